The van der Waals surface area contributed by atoms with Crippen LogP contribution in [-0.2, 0) is 14.8 Å². The van der Waals surface area contributed by atoms with Gasteiger partial charge in [0.05, 0.1) is 25.6 Å². The van der Waals surface area contributed by atoms with E-state index in [1.54, 1.807) is 62.6 Å². The standard InChI is InChI=1S/C20H26N2O5S/c1-15-8-10-17(11-9-15)22(28(4,24)25)16(2)20(23)21-12-13-27-19-7-5-6-18(14-19)26-3/h5-11,14,16H,12-13H2,1-4H3,(H,21,23)/t16-/m0/s1. The zero-order valence-electron chi connectivity index (χ0n) is 16.5. The molecule has 0 bridgehead atoms. The molecule has 7 nitrogen and oxygen atoms in total. The Morgan fingerprint density at radius 1 is 1.14 bits per heavy atom. The lowest BCUT2D eigenvalue weighted by Crippen LogP contribution is -2.48. The van der Waals surface area contributed by atoms with E-state index in [0.717, 1.165) is 16.1 Å². The number of aryl methyl sites for hydroxylation is 1. The Labute approximate surface area is 166 Å². The normalized spacial score (nSPS) is 12.1. The molecular formula is C20H26N2O5S. The van der Waals surface area contributed by atoms with Crippen LogP contribution in [0.15, 0.2) is 48.5 Å². The number of sulfonamides is 1. The minimum atomic E-state index is -3.63. The highest BCUT2D eigenvalue weighted by atomic mass is 32.2. The molecule has 0 radical (unpaired) electrons. The van der Waals surface area contributed by atoms with Crippen LogP contribution in [0.25, 0.3) is 0 Å². The summed E-state index contributed by atoms with van der Waals surface area (Å²) < 4.78 is 36.3. The quantitative estimate of drug-likeness (QED) is 0.646. The number of rotatable bonds is 9. The van der Waals surface area contributed by atoms with Crippen LogP contribution < -0.4 is 19.1 Å². The first kappa shape index (κ1) is 21.6. The summed E-state index contributed by atoms with van der Waals surface area (Å²) in [4.78, 5) is 12.5. The first-order valence-corrected chi connectivity index (χ1v) is 10.7. The second kappa shape index (κ2) is 9.45. The van der Waals surface area contributed by atoms with Gasteiger partial charge in [-0.1, -0.05) is 23.8 Å². The molecule has 0 aliphatic carbocycles. The smallest absolute Gasteiger partial charge is 0.243 e. The van der Waals surface area contributed by atoms with E-state index in [1.807, 2.05) is 6.92 Å². The van der Waals surface area contributed by atoms with E-state index in [9.17, 15) is 13.2 Å². The van der Waals surface area contributed by atoms with Crippen molar-refractivity contribution in [3.8, 4) is 11.5 Å². The van der Waals surface area contributed by atoms with E-state index < -0.39 is 22.0 Å². The highest BCUT2D eigenvalue weighted by molar-refractivity contribution is 7.92. The third-order valence-electron chi connectivity index (χ3n) is 4.09. The van der Waals surface area contributed by atoms with Crippen molar-refractivity contribution < 1.29 is 22.7 Å². The first-order valence-electron chi connectivity index (χ1n) is 8.83. The Morgan fingerprint density at radius 3 is 2.39 bits per heavy atom. The molecule has 0 heterocycles. The fourth-order valence-corrected chi connectivity index (χ4v) is 3.86. The molecule has 1 atom stereocenters. The third kappa shape index (κ3) is 5.88. The summed E-state index contributed by atoms with van der Waals surface area (Å²) in [7, 11) is -2.06. The SMILES string of the molecule is COc1cccc(OCCNC(=O)[C@H](C)N(c2ccc(C)cc2)S(C)(=O)=O)c1. The van der Waals surface area contributed by atoms with Gasteiger partial charge in [0, 0.05) is 6.07 Å². The molecule has 28 heavy (non-hydrogen) atoms. The van der Waals surface area contributed by atoms with Gasteiger partial charge in [0.25, 0.3) is 0 Å². The van der Waals surface area contributed by atoms with Gasteiger partial charge in [-0.2, -0.15) is 0 Å². The molecular weight excluding hydrogens is 380 g/mol. The van der Waals surface area contributed by atoms with Gasteiger partial charge < -0.3 is 14.8 Å². The number of benzene rings is 2. The van der Waals surface area contributed by atoms with Gasteiger partial charge in [0.15, 0.2) is 0 Å². The molecule has 0 aliphatic rings. The van der Waals surface area contributed by atoms with Gasteiger partial charge in [-0.05, 0) is 38.1 Å². The van der Waals surface area contributed by atoms with Crippen molar-refractivity contribution in [2.75, 3.05) is 30.8 Å². The van der Waals surface area contributed by atoms with Crippen LogP contribution in [0.4, 0.5) is 5.69 Å². The maximum atomic E-state index is 12.5. The van der Waals surface area contributed by atoms with Gasteiger partial charge >= 0.3 is 0 Å². The second-order valence-electron chi connectivity index (χ2n) is 6.39. The van der Waals surface area contributed by atoms with Crippen LogP contribution in [0, 0.1) is 6.92 Å². The molecule has 2 aromatic carbocycles. The van der Waals surface area contributed by atoms with Crippen LogP contribution in [0.5, 0.6) is 11.5 Å². The van der Waals surface area contributed by atoms with Crippen molar-refractivity contribution in [3.63, 3.8) is 0 Å². The third-order valence-corrected chi connectivity index (χ3v) is 5.33. The Morgan fingerprint density at radius 2 is 1.79 bits per heavy atom. The zero-order valence-corrected chi connectivity index (χ0v) is 17.3. The number of methoxy groups -OCH3 is 1. The van der Waals surface area contributed by atoms with E-state index in [4.69, 9.17) is 9.47 Å². The van der Waals surface area contributed by atoms with Crippen molar-refractivity contribution in [2.24, 2.45) is 0 Å². The molecule has 0 aromatic heterocycles. The fourth-order valence-electron chi connectivity index (χ4n) is 2.68. The maximum Gasteiger partial charge on any atom is 0.243 e. The Bertz CT molecular complexity index is 897. The highest BCUT2D eigenvalue weighted by Gasteiger charge is 2.28. The molecule has 8 heteroatoms. The average molecular weight is 407 g/mol. The minimum Gasteiger partial charge on any atom is -0.497 e. The number of hydrogen-bond donors (Lipinski definition) is 1. The van der Waals surface area contributed by atoms with Gasteiger partial charge in [0.1, 0.15) is 24.1 Å². The number of carbonyl (C=O) groups is 1. The molecule has 0 unspecified atom stereocenters. The van der Waals surface area contributed by atoms with Crippen molar-refractivity contribution in [3.05, 3.63) is 54.1 Å². The van der Waals surface area contributed by atoms with Gasteiger partial charge in [-0.3, -0.25) is 9.10 Å². The van der Waals surface area contributed by atoms with Crippen LogP contribution in [0.3, 0.4) is 0 Å². The predicted octanol–water partition coefficient (Wildman–Crippen LogP) is 2.35. The lowest BCUT2D eigenvalue weighted by molar-refractivity contribution is -0.121. The Balaban J connectivity index is 1.96. The molecule has 2 aromatic rings. The second-order valence-corrected chi connectivity index (χ2v) is 8.25. The number of ether oxygens (including phenoxy) is 2. The van der Waals surface area contributed by atoms with Crippen LogP contribution >= 0.6 is 0 Å². The molecule has 1 amide bonds. The van der Waals surface area contributed by atoms with Crippen molar-refractivity contribution in [1.82, 2.24) is 5.32 Å². The van der Waals surface area contributed by atoms with Crippen molar-refractivity contribution >= 4 is 21.6 Å². The van der Waals surface area contributed by atoms with Crippen LogP contribution in [0.1, 0.15) is 12.5 Å². The predicted molar refractivity (Wildman–Crippen MR) is 109 cm³/mol. The Hall–Kier alpha value is -2.74. The van der Waals surface area contributed by atoms with E-state index in [1.165, 1.54) is 0 Å². The zero-order chi connectivity index (χ0) is 20.7. The number of nitrogens with one attached hydrogen (secondary N) is 1. The summed E-state index contributed by atoms with van der Waals surface area (Å²) in [6.07, 6.45) is 1.09. The highest BCUT2D eigenvalue weighted by Crippen LogP contribution is 2.21. The molecule has 152 valence electrons. The molecule has 0 aliphatic heterocycles. The van der Waals surface area contributed by atoms with Crippen molar-refractivity contribution in [2.45, 2.75) is 19.9 Å². The largest absolute Gasteiger partial charge is 0.497 e. The van der Waals surface area contributed by atoms with E-state index in [2.05, 4.69) is 5.32 Å². The van der Waals surface area contributed by atoms with Crippen LogP contribution in [-0.4, -0.2) is 46.9 Å². The topological polar surface area (TPSA) is 84.9 Å². The summed E-state index contributed by atoms with van der Waals surface area (Å²) >= 11 is 0. The number of carbonyl (C=O) groups excluding carboxylic acids is 1. The van der Waals surface area contributed by atoms with E-state index in [0.29, 0.717) is 17.2 Å². The number of nitrogens with zero attached hydrogens (tertiary/aromatic N) is 1. The Kier molecular flexibility index (Phi) is 7.28. The van der Waals surface area contributed by atoms with Crippen molar-refractivity contribution in [1.29, 1.82) is 0 Å². The van der Waals surface area contributed by atoms with Gasteiger partial charge in [-0.15, -0.1) is 0 Å². The van der Waals surface area contributed by atoms with Gasteiger partial charge in [0.2, 0.25) is 15.9 Å². The lowest BCUT2D eigenvalue weighted by atomic mass is 10.2. The summed E-state index contributed by atoms with van der Waals surface area (Å²) in [6.45, 7) is 3.95. The maximum absolute atomic E-state index is 12.5. The van der Waals surface area contributed by atoms with Gasteiger partial charge in [-0.25, -0.2) is 8.42 Å². The molecule has 2 rings (SSSR count). The summed E-state index contributed by atoms with van der Waals surface area (Å²) in [5, 5.41) is 2.71. The molecule has 0 fully saturated rings. The number of hydrogen-bond acceptors (Lipinski definition) is 5. The molecule has 0 saturated carbocycles. The molecule has 0 spiro atoms. The van der Waals surface area contributed by atoms with E-state index >= 15 is 0 Å². The monoisotopic (exact) mass is 406 g/mol. The van der Waals surface area contributed by atoms with E-state index in [-0.39, 0.29) is 13.2 Å². The fraction of sp³-hybridized carbons (Fsp3) is 0.350. The molecule has 0 saturated heterocycles. The summed E-state index contributed by atoms with van der Waals surface area (Å²) in [6, 6.07) is 13.2. The summed E-state index contributed by atoms with van der Waals surface area (Å²) in [5.74, 6) is 0.899. The first-order chi connectivity index (χ1) is 13.2. The summed E-state index contributed by atoms with van der Waals surface area (Å²) in [5.41, 5.74) is 1.45. The number of amides is 1. The lowest BCUT2D eigenvalue weighted by Gasteiger charge is -2.28. The average Bonchev–Trinajstić information content (AvgIpc) is 2.65. The van der Waals surface area contributed by atoms with Crippen LogP contribution in [0.2, 0.25) is 0 Å². The number of anilines is 1. The minimum absolute atomic E-state index is 0.242. The molecule has 1 N–H and O–H groups in total.